The number of benzene rings is 1. The number of carbonyl (C=O) groups excluding carboxylic acids is 2. The second kappa shape index (κ2) is 8.07. The Balaban J connectivity index is 1.31. The molecule has 1 aromatic heterocycles. The fourth-order valence-electron chi connectivity index (χ4n) is 4.56. The lowest BCUT2D eigenvalue weighted by atomic mass is 10.0. The van der Waals surface area contributed by atoms with Crippen LogP contribution < -0.4 is 10.2 Å². The maximum Gasteiger partial charge on any atom is 0.255 e. The molecule has 0 unspecified atom stereocenters. The van der Waals surface area contributed by atoms with Crippen LogP contribution in [0.1, 0.15) is 35.2 Å². The molecule has 4 heterocycles. The Morgan fingerprint density at radius 3 is 2.63 bits per heavy atom. The first-order valence-corrected chi connectivity index (χ1v) is 10.8. The van der Waals surface area contributed by atoms with E-state index < -0.39 is 0 Å². The summed E-state index contributed by atoms with van der Waals surface area (Å²) in [6.07, 6.45) is 5.46. The fraction of sp³-hybridized carbons (Fsp3) is 0.435. The van der Waals surface area contributed by atoms with E-state index in [0.29, 0.717) is 29.7 Å². The van der Waals surface area contributed by atoms with E-state index in [1.807, 2.05) is 41.3 Å². The molecule has 0 spiro atoms. The summed E-state index contributed by atoms with van der Waals surface area (Å²) in [6.45, 7) is 4.53. The van der Waals surface area contributed by atoms with Crippen LogP contribution in [0.25, 0.3) is 0 Å². The van der Waals surface area contributed by atoms with Crippen LogP contribution in [-0.2, 0) is 11.3 Å². The molecule has 30 heavy (non-hydrogen) atoms. The van der Waals surface area contributed by atoms with Gasteiger partial charge in [0.2, 0.25) is 5.91 Å². The highest BCUT2D eigenvalue weighted by molar-refractivity contribution is 6.04. The number of likely N-dealkylation sites (tertiary alicyclic amines) is 2. The number of carbonyl (C=O) groups is 2. The smallest absolute Gasteiger partial charge is 0.255 e. The molecule has 2 saturated heterocycles. The van der Waals surface area contributed by atoms with Crippen molar-refractivity contribution >= 4 is 23.3 Å². The van der Waals surface area contributed by atoms with Crippen LogP contribution in [0.2, 0.25) is 0 Å². The van der Waals surface area contributed by atoms with Crippen molar-refractivity contribution in [3.63, 3.8) is 0 Å². The third-order valence-corrected chi connectivity index (χ3v) is 6.35. The number of nitrogens with one attached hydrogen (secondary N) is 1. The number of fused-ring (bicyclic) bond motifs is 1. The lowest BCUT2D eigenvalue weighted by molar-refractivity contribution is -0.117. The van der Waals surface area contributed by atoms with Crippen LogP contribution in [0.3, 0.4) is 0 Å². The molecular weight excluding hydrogens is 378 g/mol. The van der Waals surface area contributed by atoms with Gasteiger partial charge >= 0.3 is 0 Å². The van der Waals surface area contributed by atoms with Gasteiger partial charge in [0.25, 0.3) is 5.91 Å². The van der Waals surface area contributed by atoms with E-state index in [4.69, 9.17) is 0 Å². The number of nitrogens with zero attached hydrogens (tertiary/aromatic N) is 4. The summed E-state index contributed by atoms with van der Waals surface area (Å²) in [4.78, 5) is 36.2. The number of amides is 2. The van der Waals surface area contributed by atoms with Crippen molar-refractivity contribution in [1.82, 2.24) is 14.8 Å². The Morgan fingerprint density at radius 2 is 1.87 bits per heavy atom. The largest absolute Gasteiger partial charge is 0.359 e. The van der Waals surface area contributed by atoms with Gasteiger partial charge in [0.1, 0.15) is 0 Å². The number of hydrogen-bond acceptors (Lipinski definition) is 5. The van der Waals surface area contributed by atoms with Gasteiger partial charge in [-0.25, -0.2) is 4.98 Å². The first kappa shape index (κ1) is 19.1. The van der Waals surface area contributed by atoms with E-state index in [1.165, 1.54) is 19.3 Å². The van der Waals surface area contributed by atoms with Crippen LogP contribution in [0, 0.1) is 0 Å². The Hall–Kier alpha value is -2.93. The van der Waals surface area contributed by atoms with Crippen LogP contribution in [-0.4, -0.2) is 65.4 Å². The molecule has 0 bridgehead atoms. The molecule has 1 N–H and O–H groups in total. The zero-order chi connectivity index (χ0) is 20.5. The highest BCUT2D eigenvalue weighted by Gasteiger charge is 2.36. The predicted molar refractivity (Wildman–Crippen MR) is 115 cm³/mol. The molecule has 7 nitrogen and oxygen atoms in total. The standard InChI is InChI=1S/C23H27N5O2/c29-21-13-25-22-20(28(21)14-17-7-3-1-4-8-17)11-18(12-24-22)23(30)27-15-19(16-27)26-9-5-2-6-10-26/h1,3-4,7-8,11-12,19H,2,5-6,9-10,13-16H2,(H,24,25). The van der Waals surface area contributed by atoms with Gasteiger partial charge in [-0.3, -0.25) is 14.5 Å². The molecule has 0 aliphatic carbocycles. The van der Waals surface area contributed by atoms with E-state index in [9.17, 15) is 9.59 Å². The van der Waals surface area contributed by atoms with Gasteiger partial charge in [-0.1, -0.05) is 36.8 Å². The van der Waals surface area contributed by atoms with E-state index in [0.717, 1.165) is 31.7 Å². The zero-order valence-electron chi connectivity index (χ0n) is 17.1. The van der Waals surface area contributed by atoms with Gasteiger partial charge in [-0.15, -0.1) is 0 Å². The SMILES string of the molecule is O=C(c1cnc2c(c1)N(Cc1ccccc1)C(=O)CN2)N1CC(N2CCCCC2)C1. The highest BCUT2D eigenvalue weighted by Crippen LogP contribution is 2.31. The number of rotatable bonds is 4. The number of aromatic nitrogens is 1. The average molecular weight is 406 g/mol. The van der Waals surface area contributed by atoms with E-state index in [2.05, 4.69) is 15.2 Å². The van der Waals surface area contributed by atoms with Crippen LogP contribution >= 0.6 is 0 Å². The van der Waals surface area contributed by atoms with Crippen LogP contribution in [0.15, 0.2) is 42.6 Å². The van der Waals surface area contributed by atoms with Crippen LogP contribution in [0.5, 0.6) is 0 Å². The Kier molecular flexibility index (Phi) is 5.12. The molecule has 2 amide bonds. The molecule has 7 heteroatoms. The summed E-state index contributed by atoms with van der Waals surface area (Å²) in [7, 11) is 0. The predicted octanol–water partition coefficient (Wildman–Crippen LogP) is 2.35. The van der Waals surface area contributed by atoms with E-state index in [-0.39, 0.29) is 18.4 Å². The molecule has 0 saturated carbocycles. The molecule has 1 aromatic carbocycles. The zero-order valence-corrected chi connectivity index (χ0v) is 17.1. The fourth-order valence-corrected chi connectivity index (χ4v) is 4.56. The Labute approximate surface area is 176 Å². The van der Waals surface area contributed by atoms with Crippen molar-refractivity contribution in [1.29, 1.82) is 0 Å². The maximum absolute atomic E-state index is 13.0. The Bertz CT molecular complexity index is 936. The number of pyridine rings is 1. The molecule has 2 aromatic rings. The minimum absolute atomic E-state index is 0.00348. The van der Waals surface area contributed by atoms with Gasteiger partial charge < -0.3 is 15.1 Å². The molecule has 3 aliphatic rings. The van der Waals surface area contributed by atoms with E-state index in [1.54, 1.807) is 11.1 Å². The van der Waals surface area contributed by atoms with Crippen molar-refractivity contribution in [2.24, 2.45) is 0 Å². The highest BCUT2D eigenvalue weighted by atomic mass is 16.2. The lowest BCUT2D eigenvalue weighted by Gasteiger charge is -2.46. The summed E-state index contributed by atoms with van der Waals surface area (Å²) in [5, 5.41) is 3.07. The topological polar surface area (TPSA) is 68.8 Å². The summed E-state index contributed by atoms with van der Waals surface area (Å²) < 4.78 is 0. The molecular formula is C23H27N5O2. The second-order valence-corrected chi connectivity index (χ2v) is 8.37. The number of hydrogen-bond donors (Lipinski definition) is 1. The van der Waals surface area contributed by atoms with Crippen molar-refractivity contribution < 1.29 is 9.59 Å². The number of piperidine rings is 1. The van der Waals surface area contributed by atoms with Gasteiger partial charge in [-0.2, -0.15) is 0 Å². The minimum Gasteiger partial charge on any atom is -0.359 e. The van der Waals surface area contributed by atoms with Crippen molar-refractivity contribution in [2.45, 2.75) is 31.8 Å². The monoisotopic (exact) mass is 405 g/mol. The Morgan fingerprint density at radius 1 is 1.10 bits per heavy atom. The first-order chi connectivity index (χ1) is 14.7. The molecule has 5 rings (SSSR count). The third-order valence-electron chi connectivity index (χ3n) is 6.35. The van der Waals surface area contributed by atoms with Crippen molar-refractivity contribution in [3.8, 4) is 0 Å². The molecule has 156 valence electrons. The van der Waals surface area contributed by atoms with Crippen molar-refractivity contribution in [2.75, 3.05) is 42.9 Å². The molecule has 2 fully saturated rings. The summed E-state index contributed by atoms with van der Waals surface area (Å²) in [6, 6.07) is 12.2. The quantitative estimate of drug-likeness (QED) is 0.846. The van der Waals surface area contributed by atoms with Gasteiger partial charge in [0.15, 0.2) is 5.82 Å². The van der Waals surface area contributed by atoms with Crippen LogP contribution in [0.4, 0.5) is 11.5 Å². The lowest BCUT2D eigenvalue weighted by Crippen LogP contribution is -2.61. The second-order valence-electron chi connectivity index (χ2n) is 8.37. The van der Waals surface area contributed by atoms with Gasteiger partial charge in [-0.05, 0) is 37.6 Å². The van der Waals surface area contributed by atoms with Gasteiger partial charge in [0, 0.05) is 25.3 Å². The van der Waals surface area contributed by atoms with E-state index >= 15 is 0 Å². The average Bonchev–Trinajstić information content (AvgIpc) is 2.76. The first-order valence-electron chi connectivity index (χ1n) is 10.8. The molecule has 0 radical (unpaired) electrons. The maximum atomic E-state index is 13.0. The summed E-state index contributed by atoms with van der Waals surface area (Å²) in [5.41, 5.74) is 2.26. The third kappa shape index (κ3) is 3.65. The molecule has 3 aliphatic heterocycles. The van der Waals surface area contributed by atoms with Crippen molar-refractivity contribution in [3.05, 3.63) is 53.7 Å². The number of anilines is 2. The normalized spacial score (nSPS) is 19.8. The van der Waals surface area contributed by atoms with Gasteiger partial charge in [0.05, 0.1) is 24.3 Å². The molecule has 0 atom stereocenters. The summed E-state index contributed by atoms with van der Waals surface area (Å²) in [5.74, 6) is 0.625. The summed E-state index contributed by atoms with van der Waals surface area (Å²) >= 11 is 0. The minimum atomic E-state index is -0.0214.